The maximum Gasteiger partial charge on any atom is 0.351 e. The molecule has 1 saturated carbocycles. The van der Waals surface area contributed by atoms with Crippen molar-refractivity contribution in [3.63, 3.8) is 0 Å². The molecule has 0 N–H and O–H groups in total. The zero-order valence-corrected chi connectivity index (χ0v) is 20.6. The summed E-state index contributed by atoms with van der Waals surface area (Å²) < 4.78 is 24.0. The molecular weight excluding hydrogens is 434 g/mol. The number of ether oxygens (including phenoxy) is 4. The Bertz CT molecular complexity index is 1130. The fourth-order valence-electron chi connectivity index (χ4n) is 7.09. The summed E-state index contributed by atoms with van der Waals surface area (Å²) in [6.07, 6.45) is 6.21. The largest absolute Gasteiger partial charge is 0.493 e. The molecule has 0 radical (unpaired) electrons. The standard InChI is InChI=1S/C27H33NO6/c1-24(2)25(3)10-11-27(24,34-22(25)29)23(30)32-17-8-9-26-12-13-28(4)15-16-6-7-18(31-5)21(20(16)26)33-19(26)14-17/h6-9,17,19H,10-15H2,1-5H3/t17-,19-,25-,26-,27-/m0/s1. The molecule has 5 aliphatic rings. The predicted molar refractivity (Wildman–Crippen MR) is 124 cm³/mol. The van der Waals surface area contributed by atoms with Crippen LogP contribution in [0.15, 0.2) is 24.3 Å². The van der Waals surface area contributed by atoms with Crippen LogP contribution in [0.3, 0.4) is 0 Å². The molecule has 3 aliphatic heterocycles. The highest BCUT2D eigenvalue weighted by Crippen LogP contribution is 2.66. The Balaban J connectivity index is 1.31. The van der Waals surface area contributed by atoms with Crippen molar-refractivity contribution in [1.29, 1.82) is 0 Å². The van der Waals surface area contributed by atoms with Gasteiger partial charge in [-0.1, -0.05) is 26.0 Å². The van der Waals surface area contributed by atoms with Crippen molar-refractivity contribution in [1.82, 2.24) is 4.90 Å². The average molecular weight is 468 g/mol. The van der Waals surface area contributed by atoms with Gasteiger partial charge >= 0.3 is 11.9 Å². The molecule has 2 bridgehead atoms. The molecule has 0 unspecified atom stereocenters. The van der Waals surface area contributed by atoms with E-state index in [9.17, 15) is 9.59 Å². The molecule has 6 rings (SSSR count). The van der Waals surface area contributed by atoms with E-state index in [0.29, 0.717) is 19.3 Å². The first-order valence-electron chi connectivity index (χ1n) is 12.3. The number of esters is 2. The zero-order valence-electron chi connectivity index (χ0n) is 20.6. The lowest BCUT2D eigenvalue weighted by atomic mass is 9.66. The van der Waals surface area contributed by atoms with Crippen LogP contribution in [-0.2, 0) is 31.0 Å². The molecule has 0 amide bonds. The molecule has 2 fully saturated rings. The first kappa shape index (κ1) is 22.0. The van der Waals surface area contributed by atoms with Crippen molar-refractivity contribution in [3.8, 4) is 11.5 Å². The summed E-state index contributed by atoms with van der Waals surface area (Å²) in [4.78, 5) is 28.5. The van der Waals surface area contributed by atoms with E-state index in [1.54, 1.807) is 7.11 Å². The van der Waals surface area contributed by atoms with E-state index in [4.69, 9.17) is 18.9 Å². The molecular formula is C27H33NO6. The average Bonchev–Trinajstić information content (AvgIpc) is 3.24. The Morgan fingerprint density at radius 1 is 1.18 bits per heavy atom. The molecule has 1 spiro atoms. The lowest BCUT2D eigenvalue weighted by molar-refractivity contribution is -0.186. The third kappa shape index (κ3) is 2.46. The van der Waals surface area contributed by atoms with E-state index in [0.717, 1.165) is 31.0 Å². The minimum atomic E-state index is -1.22. The highest BCUT2D eigenvalue weighted by atomic mass is 16.6. The van der Waals surface area contributed by atoms with Gasteiger partial charge in [-0.25, -0.2) is 4.79 Å². The van der Waals surface area contributed by atoms with Crippen LogP contribution in [0.5, 0.6) is 11.5 Å². The zero-order chi connectivity index (χ0) is 24.1. The van der Waals surface area contributed by atoms with Gasteiger partial charge in [0.1, 0.15) is 12.2 Å². The van der Waals surface area contributed by atoms with Crippen molar-refractivity contribution in [2.24, 2.45) is 10.8 Å². The van der Waals surface area contributed by atoms with Gasteiger partial charge < -0.3 is 23.8 Å². The number of hydrogen-bond acceptors (Lipinski definition) is 7. The van der Waals surface area contributed by atoms with E-state index in [-0.39, 0.29) is 17.5 Å². The topological polar surface area (TPSA) is 74.3 Å². The molecule has 7 nitrogen and oxygen atoms in total. The van der Waals surface area contributed by atoms with Crippen molar-refractivity contribution in [2.75, 3.05) is 20.7 Å². The second-order valence-electron chi connectivity index (χ2n) is 11.5. The summed E-state index contributed by atoms with van der Waals surface area (Å²) in [5, 5.41) is 0. The number of hydrogen-bond donors (Lipinski definition) is 0. The first-order valence-corrected chi connectivity index (χ1v) is 12.3. The minimum Gasteiger partial charge on any atom is -0.493 e. The van der Waals surface area contributed by atoms with Gasteiger partial charge in [-0.15, -0.1) is 0 Å². The highest BCUT2D eigenvalue weighted by Gasteiger charge is 2.76. The smallest absolute Gasteiger partial charge is 0.351 e. The van der Waals surface area contributed by atoms with Crippen LogP contribution in [0.25, 0.3) is 0 Å². The van der Waals surface area contributed by atoms with E-state index >= 15 is 0 Å². The van der Waals surface area contributed by atoms with Gasteiger partial charge in [0, 0.05) is 23.9 Å². The van der Waals surface area contributed by atoms with E-state index in [1.165, 1.54) is 11.1 Å². The Labute approximate surface area is 200 Å². The van der Waals surface area contributed by atoms with Gasteiger partial charge in [0.2, 0.25) is 5.60 Å². The predicted octanol–water partition coefficient (Wildman–Crippen LogP) is 3.52. The molecule has 3 heterocycles. The van der Waals surface area contributed by atoms with Crippen molar-refractivity contribution in [2.45, 2.75) is 76.2 Å². The summed E-state index contributed by atoms with van der Waals surface area (Å²) in [5.41, 5.74) is -0.310. The maximum absolute atomic E-state index is 13.5. The maximum atomic E-state index is 13.5. The Morgan fingerprint density at radius 2 is 1.97 bits per heavy atom. The third-order valence-electron chi connectivity index (χ3n) is 9.80. The number of carbonyl (C=O) groups excluding carboxylic acids is 2. The van der Waals surface area contributed by atoms with E-state index < -0.39 is 28.5 Å². The summed E-state index contributed by atoms with van der Waals surface area (Å²) in [6, 6.07) is 4.12. The van der Waals surface area contributed by atoms with Crippen LogP contribution >= 0.6 is 0 Å². The van der Waals surface area contributed by atoms with Crippen molar-refractivity contribution >= 4 is 11.9 Å². The third-order valence-corrected chi connectivity index (χ3v) is 9.80. The van der Waals surface area contributed by atoms with Crippen LogP contribution in [0.1, 0.15) is 57.6 Å². The summed E-state index contributed by atoms with van der Waals surface area (Å²) in [7, 11) is 3.80. The van der Waals surface area contributed by atoms with Crippen LogP contribution in [0.2, 0.25) is 0 Å². The van der Waals surface area contributed by atoms with Gasteiger partial charge in [0.25, 0.3) is 0 Å². The lowest BCUT2D eigenvalue weighted by Crippen LogP contribution is -2.51. The Hall–Kier alpha value is -2.54. The van der Waals surface area contributed by atoms with Gasteiger partial charge in [0.05, 0.1) is 17.9 Å². The van der Waals surface area contributed by atoms with Gasteiger partial charge in [-0.3, -0.25) is 4.79 Å². The molecule has 7 heteroatoms. The molecule has 182 valence electrons. The molecule has 5 atom stereocenters. The second kappa shape index (κ2) is 6.78. The van der Waals surface area contributed by atoms with Gasteiger partial charge in [-0.05, 0) is 57.5 Å². The minimum absolute atomic E-state index is 0.155. The van der Waals surface area contributed by atoms with Gasteiger partial charge in [0.15, 0.2) is 11.5 Å². The fourth-order valence-corrected chi connectivity index (χ4v) is 7.09. The van der Waals surface area contributed by atoms with Crippen LogP contribution in [0.4, 0.5) is 0 Å². The quantitative estimate of drug-likeness (QED) is 0.497. The summed E-state index contributed by atoms with van der Waals surface area (Å²) in [6.45, 7) is 7.60. The number of benzene rings is 1. The van der Waals surface area contributed by atoms with E-state index in [2.05, 4.69) is 24.1 Å². The molecule has 1 aromatic carbocycles. The monoisotopic (exact) mass is 467 g/mol. The Kier molecular flexibility index (Phi) is 4.38. The number of methoxy groups -OCH3 is 1. The van der Waals surface area contributed by atoms with Crippen molar-refractivity contribution < 1.29 is 28.5 Å². The molecule has 0 aromatic heterocycles. The molecule has 1 aromatic rings. The number of rotatable bonds is 3. The Morgan fingerprint density at radius 3 is 2.65 bits per heavy atom. The second-order valence-corrected chi connectivity index (χ2v) is 11.5. The van der Waals surface area contributed by atoms with Crippen LogP contribution < -0.4 is 9.47 Å². The summed E-state index contributed by atoms with van der Waals surface area (Å²) >= 11 is 0. The SMILES string of the molecule is COc1ccc2c3c1O[C@H]1C[C@@H](OC(=O)[C@]45CC[C@@](C)(C(=O)O4)C5(C)C)C=C[C@@]31CCN(C)C2. The molecule has 34 heavy (non-hydrogen) atoms. The lowest BCUT2D eigenvalue weighted by Gasteiger charge is -2.39. The fraction of sp³-hybridized carbons (Fsp3) is 0.630. The van der Waals surface area contributed by atoms with Gasteiger partial charge in [-0.2, -0.15) is 0 Å². The molecule has 2 aliphatic carbocycles. The molecule has 1 saturated heterocycles. The normalized spacial score (nSPS) is 39.0. The van der Waals surface area contributed by atoms with E-state index in [1.807, 2.05) is 32.9 Å². The van der Waals surface area contributed by atoms with Crippen LogP contribution in [-0.4, -0.2) is 55.3 Å². The van der Waals surface area contributed by atoms with Crippen LogP contribution in [0, 0.1) is 10.8 Å². The first-order chi connectivity index (χ1) is 16.1. The highest BCUT2D eigenvalue weighted by molar-refractivity contribution is 5.93. The number of nitrogens with zero attached hydrogens (tertiary/aromatic N) is 1. The number of carbonyl (C=O) groups is 2. The summed E-state index contributed by atoms with van der Waals surface area (Å²) in [5.74, 6) is 0.818. The van der Waals surface area contributed by atoms with Crippen molar-refractivity contribution in [3.05, 3.63) is 35.4 Å². The number of fused-ring (bicyclic) bond motifs is 2.